The Morgan fingerprint density at radius 2 is 1.92 bits per heavy atom. The van der Waals surface area contributed by atoms with Crippen LogP contribution in [0, 0.1) is 0 Å². The molecule has 1 unspecified atom stereocenters. The molecule has 1 aromatic carbocycles. The van der Waals surface area contributed by atoms with Crippen molar-refractivity contribution in [2.45, 2.75) is 52.2 Å². The van der Waals surface area contributed by atoms with E-state index in [9.17, 15) is 9.59 Å². The van der Waals surface area contributed by atoms with Gasteiger partial charge in [0, 0.05) is 6.54 Å². The van der Waals surface area contributed by atoms with Crippen molar-refractivity contribution in [3.8, 4) is 0 Å². The van der Waals surface area contributed by atoms with Crippen molar-refractivity contribution in [3.63, 3.8) is 0 Å². The van der Waals surface area contributed by atoms with Crippen LogP contribution in [0.15, 0.2) is 30.3 Å². The van der Waals surface area contributed by atoms with Gasteiger partial charge in [0.05, 0.1) is 18.2 Å². The fourth-order valence-electron chi connectivity index (χ4n) is 2.71. The minimum absolute atomic E-state index is 0.0413. The number of likely N-dealkylation sites (tertiary alicyclic amines) is 1. The molecule has 0 radical (unpaired) electrons. The van der Waals surface area contributed by atoms with Gasteiger partial charge in [-0.15, -0.1) is 0 Å². The molecule has 1 saturated heterocycles. The van der Waals surface area contributed by atoms with Crippen LogP contribution in [0.4, 0.5) is 4.79 Å². The number of ether oxygens (including phenoxy) is 2. The number of carbonyl (C=O) groups excluding carboxylic acids is 2. The van der Waals surface area contributed by atoms with Crippen molar-refractivity contribution in [3.05, 3.63) is 41.5 Å². The molecule has 0 saturated carbocycles. The number of amides is 1. The van der Waals surface area contributed by atoms with Crippen LogP contribution in [-0.2, 0) is 9.47 Å². The van der Waals surface area contributed by atoms with E-state index in [4.69, 9.17) is 9.47 Å². The molecule has 1 aliphatic rings. The molecule has 0 aliphatic carbocycles. The SMILES string of the molecule is CCOC(=O)c1ccc(C=CC2CCCN2C(=O)OC(C)(C)C)cc1. The van der Waals surface area contributed by atoms with E-state index >= 15 is 0 Å². The van der Waals surface area contributed by atoms with E-state index in [1.54, 1.807) is 24.0 Å². The Morgan fingerprint density at radius 1 is 1.24 bits per heavy atom. The monoisotopic (exact) mass is 345 g/mol. The Kier molecular flexibility index (Phi) is 6.23. The standard InChI is InChI=1S/C20H27NO4/c1-5-24-18(22)16-11-8-15(9-12-16)10-13-17-7-6-14-21(17)19(23)25-20(2,3)4/h8-13,17H,5-7,14H2,1-4H3. The van der Waals surface area contributed by atoms with Gasteiger partial charge >= 0.3 is 12.1 Å². The van der Waals surface area contributed by atoms with Gasteiger partial charge in [-0.1, -0.05) is 24.3 Å². The van der Waals surface area contributed by atoms with Gasteiger partial charge in [0.15, 0.2) is 0 Å². The van der Waals surface area contributed by atoms with Crippen molar-refractivity contribution in [1.82, 2.24) is 4.90 Å². The molecule has 1 atom stereocenters. The van der Waals surface area contributed by atoms with E-state index in [1.165, 1.54) is 0 Å². The summed E-state index contributed by atoms with van der Waals surface area (Å²) in [6.07, 6.45) is 5.63. The lowest BCUT2D eigenvalue weighted by atomic mass is 10.1. The Labute approximate surface area is 149 Å². The van der Waals surface area contributed by atoms with Gasteiger partial charge < -0.3 is 14.4 Å². The fourth-order valence-corrected chi connectivity index (χ4v) is 2.71. The molecule has 1 heterocycles. The zero-order chi connectivity index (χ0) is 18.4. The molecule has 1 aromatic rings. The first-order valence-corrected chi connectivity index (χ1v) is 8.75. The Bertz CT molecular complexity index is 628. The maximum atomic E-state index is 12.3. The lowest BCUT2D eigenvalue weighted by Crippen LogP contribution is -2.39. The molecule has 0 aromatic heterocycles. The van der Waals surface area contributed by atoms with Gasteiger partial charge in [-0.25, -0.2) is 9.59 Å². The quantitative estimate of drug-likeness (QED) is 0.765. The molecule has 2 rings (SSSR count). The zero-order valence-corrected chi connectivity index (χ0v) is 15.5. The molecule has 0 N–H and O–H groups in total. The van der Waals surface area contributed by atoms with Crippen LogP contribution in [0.3, 0.4) is 0 Å². The second-order valence-corrected chi connectivity index (χ2v) is 7.08. The lowest BCUT2D eigenvalue weighted by Gasteiger charge is -2.27. The lowest BCUT2D eigenvalue weighted by molar-refractivity contribution is 0.0256. The van der Waals surface area contributed by atoms with E-state index in [-0.39, 0.29) is 18.1 Å². The summed E-state index contributed by atoms with van der Waals surface area (Å²) in [5.74, 6) is -0.315. The van der Waals surface area contributed by atoms with Crippen molar-refractivity contribution in [2.24, 2.45) is 0 Å². The summed E-state index contributed by atoms with van der Waals surface area (Å²) >= 11 is 0. The van der Waals surface area contributed by atoms with Crippen LogP contribution in [0.1, 0.15) is 56.5 Å². The van der Waals surface area contributed by atoms with Gasteiger partial charge in [-0.05, 0) is 58.2 Å². The van der Waals surface area contributed by atoms with Crippen molar-refractivity contribution >= 4 is 18.1 Å². The molecule has 0 bridgehead atoms. The van der Waals surface area contributed by atoms with Crippen molar-refractivity contribution in [1.29, 1.82) is 0 Å². The molecular weight excluding hydrogens is 318 g/mol. The Balaban J connectivity index is 2.00. The van der Waals surface area contributed by atoms with Gasteiger partial charge in [0.2, 0.25) is 0 Å². The molecule has 0 spiro atoms. The van der Waals surface area contributed by atoms with Crippen LogP contribution in [0.5, 0.6) is 0 Å². The highest BCUT2D eigenvalue weighted by Crippen LogP contribution is 2.22. The average Bonchev–Trinajstić information content (AvgIpc) is 3.01. The second kappa shape index (κ2) is 8.19. The molecular formula is C20H27NO4. The average molecular weight is 345 g/mol. The number of carbonyl (C=O) groups is 2. The first-order valence-electron chi connectivity index (χ1n) is 8.75. The molecule has 25 heavy (non-hydrogen) atoms. The Hall–Kier alpha value is -2.30. The van der Waals surface area contributed by atoms with E-state index in [0.717, 1.165) is 18.4 Å². The highest BCUT2D eigenvalue weighted by Gasteiger charge is 2.30. The Morgan fingerprint density at radius 3 is 2.52 bits per heavy atom. The minimum Gasteiger partial charge on any atom is -0.462 e. The first-order chi connectivity index (χ1) is 11.8. The van der Waals surface area contributed by atoms with E-state index in [1.807, 2.05) is 45.1 Å². The van der Waals surface area contributed by atoms with Crippen molar-refractivity contribution in [2.75, 3.05) is 13.2 Å². The number of hydrogen-bond donors (Lipinski definition) is 0. The molecule has 5 nitrogen and oxygen atoms in total. The summed E-state index contributed by atoms with van der Waals surface area (Å²) in [4.78, 5) is 25.7. The summed E-state index contributed by atoms with van der Waals surface area (Å²) in [5, 5.41) is 0. The third-order valence-electron chi connectivity index (χ3n) is 3.86. The van der Waals surface area contributed by atoms with Gasteiger partial charge in [-0.3, -0.25) is 0 Å². The van der Waals surface area contributed by atoms with E-state index in [0.29, 0.717) is 18.7 Å². The fraction of sp³-hybridized carbons (Fsp3) is 0.500. The van der Waals surface area contributed by atoms with Crippen LogP contribution in [-0.4, -0.2) is 41.8 Å². The normalized spacial score (nSPS) is 17.8. The number of esters is 1. The predicted molar refractivity (Wildman–Crippen MR) is 97.4 cm³/mol. The topological polar surface area (TPSA) is 55.8 Å². The summed E-state index contributed by atoms with van der Waals surface area (Å²) in [6, 6.07) is 7.28. The molecule has 1 fully saturated rings. The largest absolute Gasteiger partial charge is 0.462 e. The smallest absolute Gasteiger partial charge is 0.410 e. The number of rotatable bonds is 4. The zero-order valence-electron chi connectivity index (χ0n) is 15.5. The van der Waals surface area contributed by atoms with Crippen molar-refractivity contribution < 1.29 is 19.1 Å². The molecule has 136 valence electrons. The summed E-state index contributed by atoms with van der Waals surface area (Å²) < 4.78 is 10.4. The number of hydrogen-bond acceptors (Lipinski definition) is 4. The number of benzene rings is 1. The van der Waals surface area contributed by atoms with Gasteiger partial charge in [0.25, 0.3) is 0 Å². The molecule has 5 heteroatoms. The van der Waals surface area contributed by atoms with E-state index in [2.05, 4.69) is 0 Å². The van der Waals surface area contributed by atoms with E-state index < -0.39 is 5.60 Å². The van der Waals surface area contributed by atoms with Gasteiger partial charge in [0.1, 0.15) is 5.60 Å². The third kappa shape index (κ3) is 5.62. The number of nitrogens with zero attached hydrogens (tertiary/aromatic N) is 1. The maximum Gasteiger partial charge on any atom is 0.410 e. The van der Waals surface area contributed by atoms with Gasteiger partial charge in [-0.2, -0.15) is 0 Å². The summed E-state index contributed by atoms with van der Waals surface area (Å²) in [7, 11) is 0. The highest BCUT2D eigenvalue weighted by molar-refractivity contribution is 5.89. The minimum atomic E-state index is -0.489. The van der Waals surface area contributed by atoms with Crippen LogP contribution in [0.2, 0.25) is 0 Å². The van der Waals surface area contributed by atoms with Crippen LogP contribution in [0.25, 0.3) is 6.08 Å². The molecule has 1 amide bonds. The highest BCUT2D eigenvalue weighted by atomic mass is 16.6. The van der Waals surface area contributed by atoms with Crippen LogP contribution >= 0.6 is 0 Å². The predicted octanol–water partition coefficient (Wildman–Crippen LogP) is 4.28. The molecule has 1 aliphatic heterocycles. The summed E-state index contributed by atoms with van der Waals surface area (Å²) in [5.41, 5.74) is 1.02. The van der Waals surface area contributed by atoms with Crippen LogP contribution < -0.4 is 0 Å². The second-order valence-electron chi connectivity index (χ2n) is 7.08. The summed E-state index contributed by atoms with van der Waals surface area (Å²) in [6.45, 7) is 8.48. The first kappa shape index (κ1) is 19.0. The third-order valence-corrected chi connectivity index (χ3v) is 3.86. The maximum absolute atomic E-state index is 12.3.